The number of methoxy groups -OCH3 is 1. The highest BCUT2D eigenvalue weighted by Gasteiger charge is 2.15. The molecular weight excluding hydrogens is 184 g/mol. The summed E-state index contributed by atoms with van der Waals surface area (Å²) in [5.74, 6) is -0.458. The largest absolute Gasteiger partial charge is 0.469 e. The molecule has 5 heteroatoms. The Morgan fingerprint density at radius 1 is 1.71 bits per heavy atom. The lowest BCUT2D eigenvalue weighted by molar-refractivity contribution is -0.142. The Labute approximate surface area is 81.8 Å². The first-order valence-electron chi connectivity index (χ1n) is 4.16. The van der Waals surface area contributed by atoms with E-state index in [-0.39, 0.29) is 6.42 Å². The maximum absolute atomic E-state index is 10.9. The number of rotatable bonds is 3. The lowest BCUT2D eigenvalue weighted by Crippen LogP contribution is -2.10. The Kier molecular flexibility index (Phi) is 3.53. The molecule has 1 aromatic heterocycles. The smallest absolute Gasteiger partial charge is 0.308 e. The number of ether oxygens (including phenoxy) is 1. The first kappa shape index (κ1) is 10.6. The van der Waals surface area contributed by atoms with E-state index in [4.69, 9.17) is 0 Å². The fourth-order valence-electron chi connectivity index (χ4n) is 1.08. The molecule has 5 nitrogen and oxygen atoms in total. The van der Waals surface area contributed by atoms with Gasteiger partial charge >= 0.3 is 5.97 Å². The molecule has 0 bridgehead atoms. The van der Waals surface area contributed by atoms with Gasteiger partial charge < -0.3 is 9.84 Å². The van der Waals surface area contributed by atoms with Gasteiger partial charge in [-0.3, -0.25) is 4.79 Å². The average Bonchev–Trinajstić information content (AvgIpc) is 2.18. The Morgan fingerprint density at radius 3 is 3.00 bits per heavy atom. The van der Waals surface area contributed by atoms with Crippen LogP contribution in [0.1, 0.15) is 23.8 Å². The van der Waals surface area contributed by atoms with Gasteiger partial charge in [0.1, 0.15) is 6.33 Å². The highest BCUT2D eigenvalue weighted by atomic mass is 16.5. The minimum atomic E-state index is -0.899. The number of aromatic nitrogens is 2. The molecule has 1 rings (SSSR count). The van der Waals surface area contributed by atoms with Crippen LogP contribution in [0.3, 0.4) is 0 Å². The van der Waals surface area contributed by atoms with Crippen LogP contribution in [0.25, 0.3) is 0 Å². The minimum absolute atomic E-state index is 0.0787. The summed E-state index contributed by atoms with van der Waals surface area (Å²) in [4.78, 5) is 18.6. The van der Waals surface area contributed by atoms with Crippen molar-refractivity contribution in [1.82, 2.24) is 9.97 Å². The van der Waals surface area contributed by atoms with Gasteiger partial charge in [0.25, 0.3) is 0 Å². The third kappa shape index (κ3) is 2.50. The van der Waals surface area contributed by atoms with Gasteiger partial charge in [0, 0.05) is 17.5 Å². The molecule has 0 aliphatic rings. The van der Waals surface area contributed by atoms with Crippen molar-refractivity contribution in [2.75, 3.05) is 7.11 Å². The number of carbonyl (C=O) groups is 1. The van der Waals surface area contributed by atoms with E-state index in [1.807, 2.05) is 0 Å². The van der Waals surface area contributed by atoms with Crippen LogP contribution in [-0.2, 0) is 9.53 Å². The topological polar surface area (TPSA) is 72.3 Å². The second-order valence-corrected chi connectivity index (χ2v) is 2.86. The molecule has 1 N–H and O–H groups in total. The highest BCUT2D eigenvalue weighted by molar-refractivity contribution is 5.70. The van der Waals surface area contributed by atoms with E-state index >= 15 is 0 Å². The lowest BCUT2D eigenvalue weighted by Gasteiger charge is -2.10. The van der Waals surface area contributed by atoms with Gasteiger partial charge in [-0.15, -0.1) is 0 Å². The molecule has 1 heterocycles. The average molecular weight is 196 g/mol. The van der Waals surface area contributed by atoms with Crippen LogP contribution in [0.4, 0.5) is 0 Å². The predicted octanol–water partition coefficient (Wildman–Crippen LogP) is 0.382. The van der Waals surface area contributed by atoms with Gasteiger partial charge in [-0.25, -0.2) is 9.97 Å². The van der Waals surface area contributed by atoms with Gasteiger partial charge in [-0.05, 0) is 6.92 Å². The number of aliphatic hydroxyl groups is 1. The summed E-state index contributed by atoms with van der Waals surface area (Å²) in [5, 5.41) is 9.62. The first-order chi connectivity index (χ1) is 6.65. The molecule has 0 saturated carbocycles. The van der Waals surface area contributed by atoms with Crippen LogP contribution in [0.2, 0.25) is 0 Å². The lowest BCUT2D eigenvalue weighted by atomic mass is 10.1. The van der Waals surface area contributed by atoms with Crippen molar-refractivity contribution in [2.24, 2.45) is 0 Å². The van der Waals surface area contributed by atoms with Gasteiger partial charge in [0.15, 0.2) is 0 Å². The monoisotopic (exact) mass is 196 g/mol. The normalized spacial score (nSPS) is 12.2. The summed E-state index contributed by atoms with van der Waals surface area (Å²) in [6.07, 6.45) is 1.91. The maximum Gasteiger partial charge on any atom is 0.308 e. The van der Waals surface area contributed by atoms with Crippen LogP contribution in [0.5, 0.6) is 0 Å². The number of carbonyl (C=O) groups excluding carboxylic acids is 1. The van der Waals surface area contributed by atoms with Crippen molar-refractivity contribution < 1.29 is 14.6 Å². The second kappa shape index (κ2) is 4.66. The molecule has 0 spiro atoms. The molecule has 0 saturated heterocycles. The van der Waals surface area contributed by atoms with E-state index in [0.29, 0.717) is 11.3 Å². The van der Waals surface area contributed by atoms with Crippen LogP contribution in [-0.4, -0.2) is 28.2 Å². The Hall–Kier alpha value is -1.49. The zero-order valence-electron chi connectivity index (χ0n) is 8.10. The van der Waals surface area contributed by atoms with E-state index in [2.05, 4.69) is 14.7 Å². The number of hydrogen-bond donors (Lipinski definition) is 1. The molecule has 14 heavy (non-hydrogen) atoms. The van der Waals surface area contributed by atoms with E-state index < -0.39 is 12.1 Å². The van der Waals surface area contributed by atoms with Crippen molar-refractivity contribution in [3.63, 3.8) is 0 Å². The predicted molar refractivity (Wildman–Crippen MR) is 48.4 cm³/mol. The van der Waals surface area contributed by atoms with E-state index in [9.17, 15) is 9.90 Å². The van der Waals surface area contributed by atoms with E-state index in [1.165, 1.54) is 19.6 Å². The molecule has 0 unspecified atom stereocenters. The summed E-state index contributed by atoms with van der Waals surface area (Å²) in [6, 6.07) is 0. The Bertz CT molecular complexity index is 328. The fourth-order valence-corrected chi connectivity index (χ4v) is 1.08. The zero-order valence-corrected chi connectivity index (χ0v) is 8.10. The number of aryl methyl sites for hydroxylation is 1. The number of hydrogen-bond acceptors (Lipinski definition) is 5. The Morgan fingerprint density at radius 2 is 2.43 bits per heavy atom. The second-order valence-electron chi connectivity index (χ2n) is 2.86. The zero-order chi connectivity index (χ0) is 10.6. The molecule has 0 aliphatic carbocycles. The van der Waals surface area contributed by atoms with E-state index in [1.54, 1.807) is 6.92 Å². The SMILES string of the molecule is COC(=O)C[C@H](O)c1cncnc1C. The molecular formula is C9H12N2O3. The number of nitrogens with zero attached hydrogens (tertiary/aromatic N) is 2. The van der Waals surface area contributed by atoms with E-state index in [0.717, 1.165) is 0 Å². The molecule has 1 atom stereocenters. The van der Waals surface area contributed by atoms with Crippen molar-refractivity contribution >= 4 is 5.97 Å². The quantitative estimate of drug-likeness (QED) is 0.707. The summed E-state index contributed by atoms with van der Waals surface area (Å²) >= 11 is 0. The molecule has 0 aliphatic heterocycles. The highest BCUT2D eigenvalue weighted by Crippen LogP contribution is 2.17. The molecule has 1 aromatic rings. The van der Waals surface area contributed by atoms with Crippen molar-refractivity contribution in [2.45, 2.75) is 19.4 Å². The van der Waals surface area contributed by atoms with Crippen molar-refractivity contribution in [3.8, 4) is 0 Å². The Balaban J connectivity index is 2.74. The van der Waals surface area contributed by atoms with Crippen LogP contribution < -0.4 is 0 Å². The summed E-state index contributed by atoms with van der Waals surface area (Å²) in [7, 11) is 1.28. The van der Waals surface area contributed by atoms with Gasteiger partial charge in [0.2, 0.25) is 0 Å². The summed E-state index contributed by atoms with van der Waals surface area (Å²) < 4.78 is 4.44. The first-order valence-corrected chi connectivity index (χ1v) is 4.16. The molecule has 0 radical (unpaired) electrons. The molecule has 0 aromatic carbocycles. The van der Waals surface area contributed by atoms with Crippen LogP contribution in [0, 0.1) is 6.92 Å². The van der Waals surface area contributed by atoms with Crippen molar-refractivity contribution in [3.05, 3.63) is 23.8 Å². The molecule has 0 fully saturated rings. The van der Waals surface area contributed by atoms with Gasteiger partial charge in [0.05, 0.1) is 19.6 Å². The van der Waals surface area contributed by atoms with Gasteiger partial charge in [-0.2, -0.15) is 0 Å². The third-order valence-corrected chi connectivity index (χ3v) is 1.90. The van der Waals surface area contributed by atoms with Gasteiger partial charge in [-0.1, -0.05) is 0 Å². The standard InChI is InChI=1S/C9H12N2O3/c1-6-7(4-10-5-11-6)8(12)3-9(13)14-2/h4-5,8,12H,3H2,1-2H3/t8-/m0/s1. The third-order valence-electron chi connectivity index (χ3n) is 1.90. The van der Waals surface area contributed by atoms with Crippen LogP contribution in [0.15, 0.2) is 12.5 Å². The number of aliphatic hydroxyl groups excluding tert-OH is 1. The minimum Gasteiger partial charge on any atom is -0.469 e. The maximum atomic E-state index is 10.9. The summed E-state index contributed by atoms with van der Waals surface area (Å²) in [6.45, 7) is 1.75. The molecule has 0 amide bonds. The molecule has 76 valence electrons. The summed E-state index contributed by atoms with van der Waals surface area (Å²) in [5.41, 5.74) is 1.22. The fraction of sp³-hybridized carbons (Fsp3) is 0.444. The van der Waals surface area contributed by atoms with Crippen molar-refractivity contribution in [1.29, 1.82) is 0 Å². The van der Waals surface area contributed by atoms with Crippen LogP contribution >= 0.6 is 0 Å². The number of esters is 1.